The van der Waals surface area contributed by atoms with E-state index in [1.54, 1.807) is 14.2 Å². The predicted molar refractivity (Wildman–Crippen MR) is 104 cm³/mol. The third kappa shape index (κ3) is 4.91. The van der Waals surface area contributed by atoms with Crippen molar-refractivity contribution in [2.24, 2.45) is 17.8 Å². The molecule has 0 radical (unpaired) electrons. The number of rotatable bonds is 8. The van der Waals surface area contributed by atoms with E-state index < -0.39 is 0 Å². The molecule has 7 heteroatoms. The lowest BCUT2D eigenvalue weighted by atomic mass is 10.1. The second-order valence-corrected chi connectivity index (χ2v) is 6.16. The van der Waals surface area contributed by atoms with Gasteiger partial charge in [-0.05, 0) is 49.9 Å². The summed E-state index contributed by atoms with van der Waals surface area (Å²) in [5, 5.41) is 7.57. The number of aromatic nitrogens is 2. The first-order valence-corrected chi connectivity index (χ1v) is 8.70. The molecule has 0 aliphatic heterocycles. The van der Waals surface area contributed by atoms with Gasteiger partial charge in [-0.25, -0.2) is 0 Å². The molecule has 0 bridgehead atoms. The zero-order valence-corrected chi connectivity index (χ0v) is 16.3. The first-order valence-electron chi connectivity index (χ1n) is 8.70. The minimum atomic E-state index is 0.463. The van der Waals surface area contributed by atoms with Gasteiger partial charge in [-0.2, -0.15) is 5.10 Å². The highest BCUT2D eigenvalue weighted by molar-refractivity contribution is 5.77. The maximum absolute atomic E-state index is 5.96. The molecule has 1 aromatic heterocycles. The fourth-order valence-corrected chi connectivity index (χ4v) is 2.89. The monoisotopic (exact) mass is 359 g/mol. The van der Waals surface area contributed by atoms with Crippen LogP contribution in [0.25, 0.3) is 0 Å². The molecular formula is C19H29N5O2. The molecule has 1 heterocycles. The maximum atomic E-state index is 5.96. The molecule has 26 heavy (non-hydrogen) atoms. The van der Waals surface area contributed by atoms with Crippen LogP contribution < -0.4 is 20.5 Å². The molecule has 7 nitrogen and oxygen atoms in total. The largest absolute Gasteiger partial charge is 0.493 e. The Kier molecular flexibility index (Phi) is 6.89. The van der Waals surface area contributed by atoms with Gasteiger partial charge in [0.2, 0.25) is 0 Å². The van der Waals surface area contributed by atoms with Crippen LogP contribution in [-0.2, 0) is 19.9 Å². The smallest absolute Gasteiger partial charge is 0.188 e. The number of hydrogen-bond donors (Lipinski definition) is 2. The number of nitrogens with two attached hydrogens (primary N) is 1. The number of hydrogen-bond acceptors (Lipinski definition) is 4. The van der Waals surface area contributed by atoms with Gasteiger partial charge in [0, 0.05) is 25.8 Å². The Morgan fingerprint density at radius 1 is 1.19 bits per heavy atom. The van der Waals surface area contributed by atoms with Gasteiger partial charge in [0.15, 0.2) is 17.5 Å². The lowest BCUT2D eigenvalue weighted by Crippen LogP contribution is -2.33. The van der Waals surface area contributed by atoms with Gasteiger partial charge in [-0.3, -0.25) is 9.67 Å². The fourth-order valence-electron chi connectivity index (χ4n) is 2.89. The highest BCUT2D eigenvalue weighted by Crippen LogP contribution is 2.27. The summed E-state index contributed by atoms with van der Waals surface area (Å²) in [4.78, 5) is 4.40. The Morgan fingerprint density at radius 3 is 2.54 bits per heavy atom. The Labute approximate surface area is 155 Å². The summed E-state index contributed by atoms with van der Waals surface area (Å²) in [5.41, 5.74) is 10.6. The Morgan fingerprint density at radius 2 is 1.92 bits per heavy atom. The van der Waals surface area contributed by atoms with E-state index in [1.807, 2.05) is 36.9 Å². The van der Waals surface area contributed by atoms with Crippen LogP contribution in [0.15, 0.2) is 23.2 Å². The number of aliphatic imine (C=N–C) groups is 1. The SMILES string of the molecule is COc1ccc(CCNC(N)=NCCc2c(C)nn(C)c2C)cc1OC. The van der Waals surface area contributed by atoms with Crippen molar-refractivity contribution in [3.8, 4) is 11.5 Å². The second-order valence-electron chi connectivity index (χ2n) is 6.16. The molecule has 142 valence electrons. The van der Waals surface area contributed by atoms with E-state index in [2.05, 4.69) is 22.3 Å². The molecule has 0 saturated carbocycles. The Hall–Kier alpha value is -2.70. The van der Waals surface area contributed by atoms with Crippen molar-refractivity contribution in [2.75, 3.05) is 27.3 Å². The fraction of sp³-hybridized carbons (Fsp3) is 0.474. The van der Waals surface area contributed by atoms with Crippen LogP contribution >= 0.6 is 0 Å². The highest BCUT2D eigenvalue weighted by atomic mass is 16.5. The molecule has 0 atom stereocenters. The van der Waals surface area contributed by atoms with Crippen molar-refractivity contribution in [2.45, 2.75) is 26.7 Å². The molecule has 0 aliphatic rings. The van der Waals surface area contributed by atoms with Crippen molar-refractivity contribution in [1.82, 2.24) is 15.1 Å². The molecule has 0 amide bonds. The van der Waals surface area contributed by atoms with Crippen LogP contribution in [0, 0.1) is 13.8 Å². The first kappa shape index (κ1) is 19.6. The number of methoxy groups -OCH3 is 2. The second kappa shape index (κ2) is 9.12. The topological polar surface area (TPSA) is 86.7 Å². The third-order valence-electron chi connectivity index (χ3n) is 4.47. The van der Waals surface area contributed by atoms with Crippen LogP contribution in [0.4, 0.5) is 0 Å². The van der Waals surface area contributed by atoms with E-state index >= 15 is 0 Å². The van der Waals surface area contributed by atoms with Crippen LogP contribution in [0.3, 0.4) is 0 Å². The number of nitrogens with zero attached hydrogens (tertiary/aromatic N) is 3. The Bertz CT molecular complexity index is 768. The quantitative estimate of drug-likeness (QED) is 0.554. The van der Waals surface area contributed by atoms with E-state index in [0.29, 0.717) is 19.0 Å². The Balaban J connectivity index is 1.81. The third-order valence-corrected chi connectivity index (χ3v) is 4.47. The zero-order chi connectivity index (χ0) is 19.1. The minimum absolute atomic E-state index is 0.463. The molecule has 0 spiro atoms. The number of guanidine groups is 1. The molecule has 2 aromatic rings. The van der Waals surface area contributed by atoms with Gasteiger partial charge < -0.3 is 20.5 Å². The summed E-state index contributed by atoms with van der Waals surface area (Å²) >= 11 is 0. The summed E-state index contributed by atoms with van der Waals surface area (Å²) in [6, 6.07) is 5.90. The predicted octanol–water partition coefficient (Wildman–Crippen LogP) is 1.74. The van der Waals surface area contributed by atoms with E-state index in [1.165, 1.54) is 11.3 Å². The highest BCUT2D eigenvalue weighted by Gasteiger charge is 2.08. The summed E-state index contributed by atoms with van der Waals surface area (Å²) < 4.78 is 12.5. The molecule has 0 aliphatic carbocycles. The van der Waals surface area contributed by atoms with Gasteiger partial charge >= 0.3 is 0 Å². The van der Waals surface area contributed by atoms with Crippen molar-refractivity contribution in [3.05, 3.63) is 40.7 Å². The number of ether oxygens (including phenoxy) is 2. The number of nitrogens with one attached hydrogen (secondary N) is 1. The van der Waals surface area contributed by atoms with Gasteiger partial charge in [-0.15, -0.1) is 0 Å². The molecule has 2 rings (SSSR count). The standard InChI is InChI=1S/C19H29N5O2/c1-13-16(14(2)24(3)23-13)9-11-22-19(20)21-10-8-15-6-7-17(25-4)18(12-15)26-5/h6-7,12H,8-11H2,1-5H3,(H3,20,21,22). The summed E-state index contributed by atoms with van der Waals surface area (Å²) in [7, 11) is 5.22. The van der Waals surface area contributed by atoms with Crippen LogP contribution in [-0.4, -0.2) is 43.0 Å². The molecule has 0 unspecified atom stereocenters. The van der Waals surface area contributed by atoms with Crippen LogP contribution in [0.2, 0.25) is 0 Å². The van der Waals surface area contributed by atoms with Crippen LogP contribution in [0.5, 0.6) is 11.5 Å². The zero-order valence-electron chi connectivity index (χ0n) is 16.3. The van der Waals surface area contributed by atoms with Gasteiger partial charge in [0.25, 0.3) is 0 Å². The molecular weight excluding hydrogens is 330 g/mol. The normalized spacial score (nSPS) is 11.5. The average molecular weight is 359 g/mol. The average Bonchev–Trinajstić information content (AvgIpc) is 2.87. The number of benzene rings is 1. The summed E-state index contributed by atoms with van der Waals surface area (Å²) in [5.74, 6) is 1.92. The van der Waals surface area contributed by atoms with Gasteiger partial charge in [0.05, 0.1) is 19.9 Å². The van der Waals surface area contributed by atoms with Crippen molar-refractivity contribution < 1.29 is 9.47 Å². The maximum Gasteiger partial charge on any atom is 0.188 e. The van der Waals surface area contributed by atoms with E-state index in [-0.39, 0.29) is 0 Å². The number of aryl methyl sites for hydroxylation is 2. The molecule has 1 aromatic carbocycles. The summed E-state index contributed by atoms with van der Waals surface area (Å²) in [6.07, 6.45) is 1.65. The lowest BCUT2D eigenvalue weighted by molar-refractivity contribution is 0.354. The van der Waals surface area contributed by atoms with Gasteiger partial charge in [-0.1, -0.05) is 6.07 Å². The first-order chi connectivity index (χ1) is 12.5. The van der Waals surface area contributed by atoms with Crippen molar-refractivity contribution in [1.29, 1.82) is 0 Å². The van der Waals surface area contributed by atoms with Crippen LogP contribution in [0.1, 0.15) is 22.5 Å². The lowest BCUT2D eigenvalue weighted by Gasteiger charge is -2.10. The molecule has 0 saturated heterocycles. The molecule has 0 fully saturated rings. The van der Waals surface area contributed by atoms with Crippen molar-refractivity contribution >= 4 is 5.96 Å². The van der Waals surface area contributed by atoms with E-state index in [4.69, 9.17) is 15.2 Å². The van der Waals surface area contributed by atoms with E-state index in [9.17, 15) is 0 Å². The summed E-state index contributed by atoms with van der Waals surface area (Å²) in [6.45, 7) is 5.44. The van der Waals surface area contributed by atoms with Crippen molar-refractivity contribution in [3.63, 3.8) is 0 Å². The van der Waals surface area contributed by atoms with E-state index in [0.717, 1.165) is 35.6 Å². The minimum Gasteiger partial charge on any atom is -0.493 e. The molecule has 3 N–H and O–H groups in total. The van der Waals surface area contributed by atoms with Gasteiger partial charge in [0.1, 0.15) is 0 Å².